The fourth-order valence-corrected chi connectivity index (χ4v) is 2.17. The average molecular weight is 213 g/mol. The van der Waals surface area contributed by atoms with E-state index < -0.39 is 0 Å². The Morgan fingerprint density at radius 3 is 2.69 bits per heavy atom. The SMILES string of the molecule is COc1cccc2cc(C3(N)CC3)ccc12. The molecule has 0 aromatic heterocycles. The zero-order valence-corrected chi connectivity index (χ0v) is 9.36. The lowest BCUT2D eigenvalue weighted by molar-refractivity contribution is 0.420. The molecule has 0 amide bonds. The van der Waals surface area contributed by atoms with Crippen molar-refractivity contribution < 1.29 is 4.74 Å². The van der Waals surface area contributed by atoms with Crippen LogP contribution in [-0.4, -0.2) is 7.11 Å². The Morgan fingerprint density at radius 1 is 1.19 bits per heavy atom. The number of hydrogen-bond donors (Lipinski definition) is 1. The van der Waals surface area contributed by atoms with Crippen LogP contribution in [0.3, 0.4) is 0 Å². The maximum absolute atomic E-state index is 6.20. The van der Waals surface area contributed by atoms with Gasteiger partial charge in [0.25, 0.3) is 0 Å². The molecule has 0 aliphatic heterocycles. The highest BCUT2D eigenvalue weighted by molar-refractivity contribution is 5.89. The number of nitrogens with two attached hydrogens (primary N) is 1. The fraction of sp³-hybridized carbons (Fsp3) is 0.286. The van der Waals surface area contributed by atoms with E-state index in [4.69, 9.17) is 10.5 Å². The summed E-state index contributed by atoms with van der Waals surface area (Å²) >= 11 is 0. The van der Waals surface area contributed by atoms with Crippen LogP contribution in [0.4, 0.5) is 0 Å². The van der Waals surface area contributed by atoms with Crippen molar-refractivity contribution in [1.82, 2.24) is 0 Å². The van der Waals surface area contributed by atoms with Crippen LogP contribution in [0.1, 0.15) is 18.4 Å². The first-order valence-electron chi connectivity index (χ1n) is 5.59. The molecule has 82 valence electrons. The third-order valence-electron chi connectivity index (χ3n) is 3.42. The minimum Gasteiger partial charge on any atom is -0.496 e. The molecule has 1 aliphatic carbocycles. The summed E-state index contributed by atoms with van der Waals surface area (Å²) in [6, 6.07) is 12.5. The molecule has 2 N–H and O–H groups in total. The molecule has 2 nitrogen and oxygen atoms in total. The van der Waals surface area contributed by atoms with Crippen molar-refractivity contribution in [3.05, 3.63) is 42.0 Å². The molecule has 0 unspecified atom stereocenters. The molecule has 2 aromatic carbocycles. The van der Waals surface area contributed by atoms with Gasteiger partial charge >= 0.3 is 0 Å². The van der Waals surface area contributed by atoms with E-state index in [1.807, 2.05) is 12.1 Å². The zero-order chi connectivity index (χ0) is 11.2. The predicted octanol–water partition coefficient (Wildman–Crippen LogP) is 2.80. The quantitative estimate of drug-likeness (QED) is 0.832. The predicted molar refractivity (Wildman–Crippen MR) is 65.6 cm³/mol. The molecule has 0 saturated heterocycles. The van der Waals surface area contributed by atoms with E-state index in [0.717, 1.165) is 24.0 Å². The van der Waals surface area contributed by atoms with Crippen molar-refractivity contribution in [3.63, 3.8) is 0 Å². The number of ether oxygens (including phenoxy) is 1. The van der Waals surface area contributed by atoms with Gasteiger partial charge in [-0.2, -0.15) is 0 Å². The Hall–Kier alpha value is -1.54. The monoisotopic (exact) mass is 213 g/mol. The number of fused-ring (bicyclic) bond motifs is 1. The van der Waals surface area contributed by atoms with E-state index in [-0.39, 0.29) is 5.54 Å². The van der Waals surface area contributed by atoms with Crippen molar-refractivity contribution in [2.24, 2.45) is 5.73 Å². The highest BCUT2D eigenvalue weighted by Crippen LogP contribution is 2.43. The molecular formula is C14H15NO. The highest BCUT2D eigenvalue weighted by Gasteiger charge is 2.39. The Labute approximate surface area is 95.0 Å². The van der Waals surface area contributed by atoms with Crippen LogP contribution in [0.5, 0.6) is 5.75 Å². The van der Waals surface area contributed by atoms with Gasteiger partial charge in [0, 0.05) is 10.9 Å². The van der Waals surface area contributed by atoms with Gasteiger partial charge in [-0.3, -0.25) is 0 Å². The summed E-state index contributed by atoms with van der Waals surface area (Å²) in [4.78, 5) is 0. The van der Waals surface area contributed by atoms with Crippen LogP contribution in [-0.2, 0) is 5.54 Å². The Morgan fingerprint density at radius 2 is 2.00 bits per heavy atom. The molecule has 1 saturated carbocycles. The summed E-state index contributed by atoms with van der Waals surface area (Å²) in [5.74, 6) is 0.922. The molecule has 0 bridgehead atoms. The van der Waals surface area contributed by atoms with Crippen LogP contribution in [0.2, 0.25) is 0 Å². The van der Waals surface area contributed by atoms with Crippen molar-refractivity contribution in [3.8, 4) is 5.75 Å². The molecule has 0 atom stereocenters. The smallest absolute Gasteiger partial charge is 0.126 e. The van der Waals surface area contributed by atoms with Crippen molar-refractivity contribution in [1.29, 1.82) is 0 Å². The van der Waals surface area contributed by atoms with Crippen LogP contribution in [0.25, 0.3) is 10.8 Å². The lowest BCUT2D eigenvalue weighted by Crippen LogP contribution is -2.18. The number of rotatable bonds is 2. The van der Waals surface area contributed by atoms with Crippen LogP contribution in [0, 0.1) is 0 Å². The lowest BCUT2D eigenvalue weighted by atomic mass is 10.0. The number of benzene rings is 2. The van der Waals surface area contributed by atoms with E-state index in [0.29, 0.717) is 0 Å². The minimum absolute atomic E-state index is 0.0583. The highest BCUT2D eigenvalue weighted by atomic mass is 16.5. The van der Waals surface area contributed by atoms with Gasteiger partial charge < -0.3 is 10.5 Å². The summed E-state index contributed by atoms with van der Waals surface area (Å²) in [5.41, 5.74) is 7.38. The second-order valence-electron chi connectivity index (χ2n) is 4.55. The molecule has 2 aromatic rings. The third kappa shape index (κ3) is 1.38. The minimum atomic E-state index is -0.0583. The Bertz CT molecular complexity index is 543. The van der Waals surface area contributed by atoms with Gasteiger partial charge in [-0.1, -0.05) is 24.3 Å². The van der Waals surface area contributed by atoms with E-state index in [9.17, 15) is 0 Å². The summed E-state index contributed by atoms with van der Waals surface area (Å²) in [7, 11) is 1.70. The first-order valence-corrected chi connectivity index (χ1v) is 5.59. The molecule has 2 heteroatoms. The standard InChI is InChI=1S/C14H15NO/c1-16-13-4-2-3-10-9-11(5-6-12(10)13)14(15)7-8-14/h2-6,9H,7-8,15H2,1H3. The average Bonchev–Trinajstić information content (AvgIpc) is 3.07. The van der Waals surface area contributed by atoms with Gasteiger partial charge in [-0.15, -0.1) is 0 Å². The van der Waals surface area contributed by atoms with Crippen molar-refractivity contribution >= 4 is 10.8 Å². The number of hydrogen-bond acceptors (Lipinski definition) is 2. The van der Waals surface area contributed by atoms with Gasteiger partial charge in [0.05, 0.1) is 7.11 Å². The summed E-state index contributed by atoms with van der Waals surface area (Å²) in [6.45, 7) is 0. The second kappa shape index (κ2) is 3.22. The summed E-state index contributed by atoms with van der Waals surface area (Å²) < 4.78 is 5.34. The molecule has 0 radical (unpaired) electrons. The zero-order valence-electron chi connectivity index (χ0n) is 9.36. The van der Waals surface area contributed by atoms with Crippen LogP contribution in [0.15, 0.2) is 36.4 Å². The molecule has 3 rings (SSSR count). The van der Waals surface area contributed by atoms with E-state index in [2.05, 4.69) is 24.3 Å². The fourth-order valence-electron chi connectivity index (χ4n) is 2.17. The van der Waals surface area contributed by atoms with E-state index in [1.165, 1.54) is 10.9 Å². The third-order valence-corrected chi connectivity index (χ3v) is 3.42. The maximum atomic E-state index is 6.20. The molecule has 1 aliphatic rings. The van der Waals surface area contributed by atoms with Crippen molar-refractivity contribution in [2.45, 2.75) is 18.4 Å². The second-order valence-corrected chi connectivity index (χ2v) is 4.55. The largest absolute Gasteiger partial charge is 0.496 e. The van der Waals surface area contributed by atoms with Gasteiger partial charge in [-0.25, -0.2) is 0 Å². The van der Waals surface area contributed by atoms with E-state index in [1.54, 1.807) is 7.11 Å². The van der Waals surface area contributed by atoms with Gasteiger partial charge in [0.15, 0.2) is 0 Å². The van der Waals surface area contributed by atoms with Crippen LogP contribution < -0.4 is 10.5 Å². The van der Waals surface area contributed by atoms with Crippen LogP contribution >= 0.6 is 0 Å². The Balaban J connectivity index is 2.19. The normalized spacial score (nSPS) is 17.4. The molecule has 1 fully saturated rings. The lowest BCUT2D eigenvalue weighted by Gasteiger charge is -2.11. The first-order chi connectivity index (χ1) is 7.73. The van der Waals surface area contributed by atoms with E-state index >= 15 is 0 Å². The topological polar surface area (TPSA) is 35.2 Å². The maximum Gasteiger partial charge on any atom is 0.126 e. The Kier molecular flexibility index (Phi) is 1.95. The molecule has 0 spiro atoms. The van der Waals surface area contributed by atoms with Gasteiger partial charge in [0.1, 0.15) is 5.75 Å². The first kappa shape index (κ1) is 9.67. The summed E-state index contributed by atoms with van der Waals surface area (Å²) in [5, 5.41) is 2.35. The molecule has 0 heterocycles. The van der Waals surface area contributed by atoms with Crippen molar-refractivity contribution in [2.75, 3.05) is 7.11 Å². The van der Waals surface area contributed by atoms with Gasteiger partial charge in [-0.05, 0) is 35.9 Å². The summed E-state index contributed by atoms with van der Waals surface area (Å²) in [6.07, 6.45) is 2.20. The molecular weight excluding hydrogens is 198 g/mol. The number of methoxy groups -OCH3 is 1. The molecule has 16 heavy (non-hydrogen) atoms. The van der Waals surface area contributed by atoms with Gasteiger partial charge in [0.2, 0.25) is 0 Å².